The summed E-state index contributed by atoms with van der Waals surface area (Å²) in [5.41, 5.74) is 0.752. The normalized spacial score (nSPS) is 11.5. The van der Waals surface area contributed by atoms with Crippen LogP contribution in [0, 0.1) is 0 Å². The molecule has 0 aliphatic heterocycles. The molecule has 0 fully saturated rings. The molecule has 2 N–H and O–H groups in total. The predicted octanol–water partition coefficient (Wildman–Crippen LogP) is 1.35. The first kappa shape index (κ1) is 15.3. The zero-order valence-electron chi connectivity index (χ0n) is 11.4. The monoisotopic (exact) mass is 309 g/mol. The van der Waals surface area contributed by atoms with Crippen molar-refractivity contribution in [2.24, 2.45) is 0 Å². The van der Waals surface area contributed by atoms with Gasteiger partial charge in [0, 0.05) is 6.54 Å². The van der Waals surface area contributed by atoms with E-state index in [-0.39, 0.29) is 6.54 Å². The van der Waals surface area contributed by atoms with E-state index in [2.05, 4.69) is 4.72 Å². The molecular weight excluding hydrogens is 294 g/mol. The highest BCUT2D eigenvalue weighted by Gasteiger charge is 2.14. The quantitative estimate of drug-likeness (QED) is 0.840. The van der Waals surface area contributed by atoms with E-state index in [4.69, 9.17) is 9.84 Å². The molecule has 0 saturated heterocycles. The second-order valence-corrected chi connectivity index (χ2v) is 6.33. The van der Waals surface area contributed by atoms with Gasteiger partial charge in [0.2, 0.25) is 10.0 Å². The van der Waals surface area contributed by atoms with Crippen molar-refractivity contribution in [3.63, 3.8) is 0 Å². The minimum absolute atomic E-state index is 0.0532. The number of carbonyl (C=O) groups is 1. The van der Waals surface area contributed by atoms with Crippen LogP contribution in [0.25, 0.3) is 10.8 Å². The molecule has 2 aromatic carbocycles. The summed E-state index contributed by atoms with van der Waals surface area (Å²) in [6.07, 6.45) is 0. The fraction of sp³-hybridized carbons (Fsp3) is 0.214. The fourth-order valence-corrected chi connectivity index (χ4v) is 2.73. The Labute approximate surface area is 122 Å². The van der Waals surface area contributed by atoms with Gasteiger partial charge in [-0.3, -0.25) is 4.79 Å². The van der Waals surface area contributed by atoms with Crippen LogP contribution in [0.15, 0.2) is 36.4 Å². The van der Waals surface area contributed by atoms with E-state index in [9.17, 15) is 13.2 Å². The number of hydrogen-bond donors (Lipinski definition) is 2. The Morgan fingerprint density at radius 3 is 2.52 bits per heavy atom. The van der Waals surface area contributed by atoms with Crippen LogP contribution in [0.1, 0.15) is 5.56 Å². The number of rotatable bonds is 6. The molecule has 0 heterocycles. The van der Waals surface area contributed by atoms with E-state index < -0.39 is 21.7 Å². The summed E-state index contributed by atoms with van der Waals surface area (Å²) in [5.74, 6) is -1.57. The summed E-state index contributed by atoms with van der Waals surface area (Å²) < 4.78 is 30.3. The van der Waals surface area contributed by atoms with Gasteiger partial charge in [-0.05, 0) is 34.5 Å². The van der Waals surface area contributed by atoms with E-state index >= 15 is 0 Å². The van der Waals surface area contributed by atoms with Crippen LogP contribution in [-0.2, 0) is 21.4 Å². The Balaban J connectivity index is 2.15. The van der Waals surface area contributed by atoms with Gasteiger partial charge in [-0.15, -0.1) is 0 Å². The zero-order valence-corrected chi connectivity index (χ0v) is 12.2. The van der Waals surface area contributed by atoms with Crippen molar-refractivity contribution < 1.29 is 23.1 Å². The third-order valence-electron chi connectivity index (χ3n) is 2.92. The molecular formula is C14H15NO5S. The summed E-state index contributed by atoms with van der Waals surface area (Å²) in [4.78, 5) is 10.4. The molecule has 0 amide bonds. The number of carboxylic acid groups (broad SMARTS) is 1. The molecule has 0 aliphatic rings. The van der Waals surface area contributed by atoms with Gasteiger partial charge in [0.25, 0.3) is 0 Å². The minimum Gasteiger partial charge on any atom is -0.497 e. The number of aliphatic carboxylic acids is 1. The topological polar surface area (TPSA) is 92.7 Å². The summed E-state index contributed by atoms with van der Waals surface area (Å²) in [6.45, 7) is 0.0532. The van der Waals surface area contributed by atoms with Crippen molar-refractivity contribution >= 4 is 26.8 Å². The van der Waals surface area contributed by atoms with E-state index in [1.54, 1.807) is 13.2 Å². The second-order valence-electron chi connectivity index (χ2n) is 4.52. The SMILES string of the molecule is COc1ccc2cc(CNS(=O)(=O)CC(=O)O)ccc2c1. The zero-order chi connectivity index (χ0) is 15.5. The second kappa shape index (κ2) is 6.11. The third-order valence-corrected chi connectivity index (χ3v) is 4.13. The van der Waals surface area contributed by atoms with Crippen molar-refractivity contribution in [3.05, 3.63) is 42.0 Å². The Kier molecular flexibility index (Phi) is 4.44. The largest absolute Gasteiger partial charge is 0.497 e. The molecule has 0 saturated carbocycles. The van der Waals surface area contributed by atoms with Crippen molar-refractivity contribution in [1.82, 2.24) is 4.72 Å². The first-order valence-corrected chi connectivity index (χ1v) is 7.81. The van der Waals surface area contributed by atoms with Gasteiger partial charge >= 0.3 is 5.97 Å². The van der Waals surface area contributed by atoms with E-state index in [1.165, 1.54) is 0 Å². The maximum Gasteiger partial charge on any atom is 0.320 e. The number of fused-ring (bicyclic) bond motifs is 1. The highest BCUT2D eigenvalue weighted by molar-refractivity contribution is 7.90. The highest BCUT2D eigenvalue weighted by Crippen LogP contribution is 2.21. The molecule has 2 rings (SSSR count). The smallest absolute Gasteiger partial charge is 0.320 e. The molecule has 0 atom stereocenters. The molecule has 21 heavy (non-hydrogen) atoms. The van der Waals surface area contributed by atoms with E-state index in [1.807, 2.05) is 30.3 Å². The van der Waals surface area contributed by atoms with Gasteiger partial charge in [-0.25, -0.2) is 13.1 Å². The van der Waals surface area contributed by atoms with Gasteiger partial charge in [0.15, 0.2) is 5.75 Å². The number of hydrogen-bond acceptors (Lipinski definition) is 4. The molecule has 0 aromatic heterocycles. The molecule has 0 spiro atoms. The van der Waals surface area contributed by atoms with Crippen LogP contribution >= 0.6 is 0 Å². The lowest BCUT2D eigenvalue weighted by atomic mass is 10.1. The first-order chi connectivity index (χ1) is 9.89. The molecule has 7 heteroatoms. The Bertz CT molecular complexity index is 770. The number of sulfonamides is 1. The van der Waals surface area contributed by atoms with E-state index in [0.717, 1.165) is 22.1 Å². The molecule has 0 aliphatic carbocycles. The predicted molar refractivity (Wildman–Crippen MR) is 78.8 cm³/mol. The first-order valence-electron chi connectivity index (χ1n) is 6.15. The van der Waals surface area contributed by atoms with Crippen LogP contribution in [0.4, 0.5) is 0 Å². The average molecular weight is 309 g/mol. The average Bonchev–Trinajstić information content (AvgIpc) is 2.43. The third kappa shape index (κ3) is 4.17. The minimum atomic E-state index is -3.81. The Morgan fingerprint density at radius 2 is 1.86 bits per heavy atom. The van der Waals surface area contributed by atoms with Crippen LogP contribution in [0.2, 0.25) is 0 Å². The van der Waals surface area contributed by atoms with Crippen LogP contribution in [0.5, 0.6) is 5.75 Å². The van der Waals surface area contributed by atoms with Gasteiger partial charge in [0.1, 0.15) is 5.75 Å². The lowest BCUT2D eigenvalue weighted by Crippen LogP contribution is -2.29. The maximum atomic E-state index is 11.5. The van der Waals surface area contributed by atoms with Crippen molar-refractivity contribution in [1.29, 1.82) is 0 Å². The lowest BCUT2D eigenvalue weighted by Gasteiger charge is -2.07. The van der Waals surface area contributed by atoms with Crippen molar-refractivity contribution in [3.8, 4) is 5.75 Å². The molecule has 112 valence electrons. The summed E-state index contributed by atoms with van der Waals surface area (Å²) in [6, 6.07) is 11.1. The fourth-order valence-electron chi connectivity index (χ4n) is 1.92. The summed E-state index contributed by atoms with van der Waals surface area (Å²) in [5, 5.41) is 10.4. The maximum absolute atomic E-state index is 11.5. The van der Waals surface area contributed by atoms with Crippen LogP contribution in [-0.4, -0.2) is 32.4 Å². The highest BCUT2D eigenvalue weighted by atomic mass is 32.2. The molecule has 0 radical (unpaired) electrons. The van der Waals surface area contributed by atoms with Gasteiger partial charge in [-0.2, -0.15) is 0 Å². The van der Waals surface area contributed by atoms with Crippen LogP contribution < -0.4 is 9.46 Å². The lowest BCUT2D eigenvalue weighted by molar-refractivity contribution is -0.134. The van der Waals surface area contributed by atoms with Crippen molar-refractivity contribution in [2.45, 2.75) is 6.54 Å². The number of benzene rings is 2. The van der Waals surface area contributed by atoms with Crippen molar-refractivity contribution in [2.75, 3.05) is 12.9 Å². The van der Waals surface area contributed by atoms with Crippen LogP contribution in [0.3, 0.4) is 0 Å². The molecule has 6 nitrogen and oxygen atoms in total. The number of nitrogens with one attached hydrogen (secondary N) is 1. The summed E-state index contributed by atoms with van der Waals surface area (Å²) >= 11 is 0. The summed E-state index contributed by atoms with van der Waals surface area (Å²) in [7, 11) is -2.22. The Morgan fingerprint density at radius 1 is 1.19 bits per heavy atom. The number of ether oxygens (including phenoxy) is 1. The van der Waals surface area contributed by atoms with Gasteiger partial charge < -0.3 is 9.84 Å². The van der Waals surface area contributed by atoms with Gasteiger partial charge in [-0.1, -0.05) is 18.2 Å². The Hall–Kier alpha value is -2.12. The standard InChI is InChI=1S/C14H15NO5S/c1-20-13-5-4-11-6-10(2-3-12(11)7-13)8-15-21(18,19)9-14(16)17/h2-7,15H,8-9H2,1H3,(H,16,17). The van der Waals surface area contributed by atoms with Gasteiger partial charge in [0.05, 0.1) is 7.11 Å². The number of methoxy groups -OCH3 is 1. The molecule has 0 bridgehead atoms. The molecule has 0 unspecified atom stereocenters. The van der Waals surface area contributed by atoms with E-state index in [0.29, 0.717) is 0 Å². The molecule has 2 aromatic rings. The number of carboxylic acids is 1.